The van der Waals surface area contributed by atoms with E-state index < -0.39 is 22.6 Å². The Kier molecular flexibility index (Phi) is 5.69. The van der Waals surface area contributed by atoms with Gasteiger partial charge in [0.05, 0.1) is 11.0 Å². The molecule has 1 aromatic rings. The van der Waals surface area contributed by atoms with Crippen molar-refractivity contribution < 1.29 is 14.8 Å². The zero-order valence-electron chi connectivity index (χ0n) is 12.2. The topological polar surface area (TPSA) is 92.5 Å². The van der Waals surface area contributed by atoms with Crippen LogP contribution in [0.3, 0.4) is 0 Å². The van der Waals surface area contributed by atoms with Gasteiger partial charge < -0.3 is 10.4 Å². The number of nitrogens with one attached hydrogen (secondary N) is 1. The molecule has 7 heteroatoms. The first-order valence-corrected chi connectivity index (χ1v) is 6.91. The number of aliphatic hydroxyl groups excluding tert-OH is 1. The molecule has 0 aliphatic carbocycles. The fraction of sp³-hybridized carbons (Fsp3) is 0.500. The standard InChI is InChI=1S/C14H19ClN2O4/c1-9(18)7-14(2,3)8-16-13(19)10-5-4-6-11(15)12(10)17(20)21/h4-6,9,18H,7-8H2,1-3H3,(H,16,19). The third-order valence-corrected chi connectivity index (χ3v) is 3.29. The third kappa shape index (κ3) is 4.99. The predicted octanol–water partition coefficient (Wildman–Crippen LogP) is 2.78. The van der Waals surface area contributed by atoms with Crippen molar-refractivity contribution in [1.82, 2.24) is 5.32 Å². The Morgan fingerprint density at radius 2 is 2.14 bits per heavy atom. The number of benzene rings is 1. The molecule has 0 heterocycles. The average Bonchev–Trinajstić information content (AvgIpc) is 2.33. The Labute approximate surface area is 128 Å². The van der Waals surface area contributed by atoms with Crippen LogP contribution in [0.15, 0.2) is 18.2 Å². The van der Waals surface area contributed by atoms with Crippen LogP contribution in [0.4, 0.5) is 5.69 Å². The number of hydrogen-bond donors (Lipinski definition) is 2. The highest BCUT2D eigenvalue weighted by Gasteiger charge is 2.26. The van der Waals surface area contributed by atoms with Crippen molar-refractivity contribution in [3.05, 3.63) is 38.9 Å². The van der Waals surface area contributed by atoms with E-state index in [1.165, 1.54) is 18.2 Å². The number of para-hydroxylation sites is 1. The number of nitro benzene ring substituents is 1. The smallest absolute Gasteiger partial charge is 0.300 e. The summed E-state index contributed by atoms with van der Waals surface area (Å²) in [5.74, 6) is -0.553. The summed E-state index contributed by atoms with van der Waals surface area (Å²) in [7, 11) is 0. The Morgan fingerprint density at radius 1 is 1.52 bits per heavy atom. The van der Waals surface area contributed by atoms with Gasteiger partial charge in [-0.15, -0.1) is 0 Å². The molecule has 0 aliphatic rings. The van der Waals surface area contributed by atoms with Crippen LogP contribution >= 0.6 is 11.6 Å². The van der Waals surface area contributed by atoms with Gasteiger partial charge in [-0.2, -0.15) is 0 Å². The van der Waals surface area contributed by atoms with Crippen LogP contribution in [0.2, 0.25) is 5.02 Å². The molecule has 116 valence electrons. The number of carbonyl (C=O) groups excluding carboxylic acids is 1. The average molecular weight is 315 g/mol. The predicted molar refractivity (Wildman–Crippen MR) is 80.5 cm³/mol. The van der Waals surface area contributed by atoms with E-state index >= 15 is 0 Å². The van der Waals surface area contributed by atoms with Crippen molar-refractivity contribution in [1.29, 1.82) is 0 Å². The quantitative estimate of drug-likeness (QED) is 0.623. The lowest BCUT2D eigenvalue weighted by molar-refractivity contribution is -0.385. The zero-order chi connectivity index (χ0) is 16.2. The van der Waals surface area contributed by atoms with Gasteiger partial charge in [0, 0.05) is 6.54 Å². The summed E-state index contributed by atoms with van der Waals surface area (Å²) in [5, 5.41) is 23.0. The third-order valence-electron chi connectivity index (χ3n) is 2.99. The highest BCUT2D eigenvalue weighted by molar-refractivity contribution is 6.33. The first kappa shape index (κ1) is 17.4. The maximum absolute atomic E-state index is 12.1. The molecule has 1 amide bonds. The van der Waals surface area contributed by atoms with E-state index in [9.17, 15) is 20.0 Å². The SMILES string of the molecule is CC(O)CC(C)(C)CNC(=O)c1cccc(Cl)c1[N+](=O)[O-]. The summed E-state index contributed by atoms with van der Waals surface area (Å²) in [6, 6.07) is 4.22. The van der Waals surface area contributed by atoms with Crippen LogP contribution in [-0.4, -0.2) is 28.6 Å². The van der Waals surface area contributed by atoms with E-state index in [1.807, 2.05) is 13.8 Å². The van der Waals surface area contributed by atoms with Crippen molar-refractivity contribution in [2.45, 2.75) is 33.3 Å². The van der Waals surface area contributed by atoms with E-state index in [2.05, 4.69) is 5.32 Å². The molecule has 0 radical (unpaired) electrons. The van der Waals surface area contributed by atoms with Gasteiger partial charge in [-0.1, -0.05) is 31.5 Å². The normalized spacial score (nSPS) is 12.8. The number of nitro groups is 1. The van der Waals surface area contributed by atoms with Crippen molar-refractivity contribution in [2.24, 2.45) is 5.41 Å². The Balaban J connectivity index is 2.87. The Bertz CT molecular complexity index is 544. The number of carbonyl (C=O) groups is 1. The molecule has 1 rings (SSSR count). The minimum Gasteiger partial charge on any atom is -0.393 e. The first-order valence-electron chi connectivity index (χ1n) is 6.53. The summed E-state index contributed by atoms with van der Waals surface area (Å²) >= 11 is 5.77. The molecule has 0 saturated carbocycles. The molecule has 1 unspecified atom stereocenters. The van der Waals surface area contributed by atoms with Gasteiger partial charge in [0.25, 0.3) is 5.91 Å². The highest BCUT2D eigenvalue weighted by Crippen LogP contribution is 2.28. The Morgan fingerprint density at radius 3 is 2.67 bits per heavy atom. The van der Waals surface area contributed by atoms with Gasteiger partial charge in [-0.3, -0.25) is 14.9 Å². The van der Waals surface area contributed by atoms with E-state index in [4.69, 9.17) is 11.6 Å². The second-order valence-electron chi connectivity index (χ2n) is 5.79. The molecular formula is C14H19ClN2O4. The molecule has 21 heavy (non-hydrogen) atoms. The van der Waals surface area contributed by atoms with Crippen molar-refractivity contribution >= 4 is 23.2 Å². The molecular weight excluding hydrogens is 296 g/mol. The van der Waals surface area contributed by atoms with Crippen LogP contribution in [0, 0.1) is 15.5 Å². The summed E-state index contributed by atoms with van der Waals surface area (Å²) in [4.78, 5) is 22.5. The molecule has 0 bridgehead atoms. The molecule has 6 nitrogen and oxygen atoms in total. The number of nitrogens with zero attached hydrogens (tertiary/aromatic N) is 1. The van der Waals surface area contributed by atoms with Gasteiger partial charge in [0.15, 0.2) is 0 Å². The van der Waals surface area contributed by atoms with E-state index in [-0.39, 0.29) is 16.0 Å². The highest BCUT2D eigenvalue weighted by atomic mass is 35.5. The fourth-order valence-corrected chi connectivity index (χ4v) is 2.41. The number of halogens is 1. The zero-order valence-corrected chi connectivity index (χ0v) is 13.0. The fourth-order valence-electron chi connectivity index (χ4n) is 2.17. The van der Waals surface area contributed by atoms with Crippen molar-refractivity contribution in [3.63, 3.8) is 0 Å². The van der Waals surface area contributed by atoms with E-state index in [0.29, 0.717) is 13.0 Å². The summed E-state index contributed by atoms with van der Waals surface area (Å²) in [5.41, 5.74) is -0.790. The molecule has 0 aromatic heterocycles. The van der Waals surface area contributed by atoms with E-state index in [0.717, 1.165) is 0 Å². The van der Waals surface area contributed by atoms with Crippen LogP contribution in [0.25, 0.3) is 0 Å². The lowest BCUT2D eigenvalue weighted by Crippen LogP contribution is -2.36. The number of hydrogen-bond acceptors (Lipinski definition) is 4. The van der Waals surface area contributed by atoms with Gasteiger partial charge in [-0.05, 0) is 30.9 Å². The minimum atomic E-state index is -0.668. The number of amides is 1. The molecule has 0 aliphatic heterocycles. The molecule has 1 aromatic carbocycles. The molecule has 0 fully saturated rings. The van der Waals surface area contributed by atoms with Crippen molar-refractivity contribution in [2.75, 3.05) is 6.54 Å². The maximum Gasteiger partial charge on any atom is 0.300 e. The molecule has 0 saturated heterocycles. The second kappa shape index (κ2) is 6.87. The van der Waals surface area contributed by atoms with Gasteiger partial charge in [0.1, 0.15) is 10.6 Å². The minimum absolute atomic E-state index is 0.0691. The second-order valence-corrected chi connectivity index (χ2v) is 6.20. The molecule has 2 N–H and O–H groups in total. The number of aliphatic hydroxyl groups is 1. The largest absolute Gasteiger partial charge is 0.393 e. The Hall–Kier alpha value is -1.66. The summed E-state index contributed by atoms with van der Waals surface area (Å²) in [6.07, 6.45) is 0.0164. The summed E-state index contributed by atoms with van der Waals surface area (Å²) < 4.78 is 0. The first-order chi connectivity index (χ1) is 9.64. The monoisotopic (exact) mass is 314 g/mol. The van der Waals surface area contributed by atoms with Crippen LogP contribution in [0.1, 0.15) is 37.6 Å². The molecule has 1 atom stereocenters. The lowest BCUT2D eigenvalue weighted by Gasteiger charge is -2.26. The van der Waals surface area contributed by atoms with E-state index in [1.54, 1.807) is 6.92 Å². The van der Waals surface area contributed by atoms with Gasteiger partial charge in [0.2, 0.25) is 0 Å². The van der Waals surface area contributed by atoms with Crippen molar-refractivity contribution in [3.8, 4) is 0 Å². The number of rotatable bonds is 6. The van der Waals surface area contributed by atoms with Crippen LogP contribution in [-0.2, 0) is 0 Å². The van der Waals surface area contributed by atoms with Crippen LogP contribution in [0.5, 0.6) is 0 Å². The maximum atomic E-state index is 12.1. The van der Waals surface area contributed by atoms with Gasteiger partial charge in [-0.25, -0.2) is 0 Å². The lowest BCUT2D eigenvalue weighted by atomic mass is 9.87. The molecule has 0 spiro atoms. The van der Waals surface area contributed by atoms with Crippen LogP contribution < -0.4 is 5.32 Å². The van der Waals surface area contributed by atoms with Gasteiger partial charge >= 0.3 is 5.69 Å². The summed E-state index contributed by atoms with van der Waals surface area (Å²) in [6.45, 7) is 5.75.